The first-order valence-electron chi connectivity index (χ1n) is 9.28. The summed E-state index contributed by atoms with van der Waals surface area (Å²) < 4.78 is 17.0. The second-order valence-corrected chi connectivity index (χ2v) is 6.81. The van der Waals surface area contributed by atoms with Crippen LogP contribution in [0.25, 0.3) is 22.1 Å². The molecule has 0 bridgehead atoms. The van der Waals surface area contributed by atoms with E-state index in [9.17, 15) is 4.79 Å². The van der Waals surface area contributed by atoms with E-state index >= 15 is 0 Å². The van der Waals surface area contributed by atoms with Crippen LogP contribution in [0.2, 0.25) is 0 Å². The molecule has 1 aliphatic rings. The Morgan fingerprint density at radius 1 is 1.15 bits per heavy atom. The lowest BCUT2D eigenvalue weighted by Gasteiger charge is -2.29. The number of hydrogen-bond acceptors (Lipinski definition) is 5. The van der Waals surface area contributed by atoms with Crippen LogP contribution in [-0.4, -0.2) is 25.3 Å². The third kappa shape index (κ3) is 3.30. The second-order valence-electron chi connectivity index (χ2n) is 6.81. The summed E-state index contributed by atoms with van der Waals surface area (Å²) in [6.45, 7) is 4.46. The zero-order valence-corrected chi connectivity index (χ0v) is 15.7. The summed E-state index contributed by atoms with van der Waals surface area (Å²) in [5.74, 6) is 1.55. The highest BCUT2D eigenvalue weighted by molar-refractivity contribution is 5.85. The van der Waals surface area contributed by atoms with Crippen molar-refractivity contribution < 1.29 is 13.9 Å². The average molecular weight is 365 g/mol. The van der Waals surface area contributed by atoms with Crippen LogP contribution in [0.3, 0.4) is 0 Å². The minimum atomic E-state index is -0.0325. The number of methoxy groups -OCH3 is 1. The van der Waals surface area contributed by atoms with Gasteiger partial charge >= 0.3 is 0 Å². The van der Waals surface area contributed by atoms with Crippen molar-refractivity contribution in [2.75, 3.05) is 20.4 Å². The highest BCUT2D eigenvalue weighted by Gasteiger charge is 2.22. The van der Waals surface area contributed by atoms with Crippen molar-refractivity contribution in [2.45, 2.75) is 26.3 Å². The molecule has 5 heteroatoms. The molecule has 2 aromatic carbocycles. The first kappa shape index (κ1) is 17.6. The number of unbranched alkanes of at least 4 members (excludes halogenated alkanes) is 1. The Bertz CT molecular complexity index is 1010. The number of hydrogen-bond donors (Lipinski definition) is 0. The van der Waals surface area contributed by atoms with Crippen LogP contribution < -0.4 is 14.9 Å². The average Bonchev–Trinajstić information content (AvgIpc) is 2.72. The van der Waals surface area contributed by atoms with E-state index in [1.54, 1.807) is 19.4 Å². The molecule has 0 spiro atoms. The van der Waals surface area contributed by atoms with Crippen molar-refractivity contribution in [1.82, 2.24) is 4.90 Å². The van der Waals surface area contributed by atoms with Gasteiger partial charge in [-0.1, -0.05) is 25.5 Å². The SMILES string of the molecule is CCCCN1COc2ccc3c(=O)c(-c4ccc(OC)cc4)coc3c2C1. The molecule has 0 fully saturated rings. The van der Waals surface area contributed by atoms with Crippen LogP contribution in [-0.2, 0) is 6.54 Å². The van der Waals surface area contributed by atoms with Crippen LogP contribution >= 0.6 is 0 Å². The minimum absolute atomic E-state index is 0.0325. The van der Waals surface area contributed by atoms with E-state index in [0.717, 1.165) is 48.6 Å². The van der Waals surface area contributed by atoms with Crippen LogP contribution in [0.4, 0.5) is 0 Å². The molecule has 0 saturated heterocycles. The molecule has 0 atom stereocenters. The van der Waals surface area contributed by atoms with Crippen LogP contribution in [0.15, 0.2) is 51.9 Å². The number of benzene rings is 2. The zero-order valence-electron chi connectivity index (χ0n) is 15.7. The molecule has 0 unspecified atom stereocenters. The third-order valence-electron chi connectivity index (χ3n) is 5.01. The molecular formula is C22H23NO4. The fourth-order valence-corrected chi connectivity index (χ4v) is 3.45. The lowest BCUT2D eigenvalue weighted by molar-refractivity contribution is 0.0943. The van der Waals surface area contributed by atoms with Crippen molar-refractivity contribution >= 4 is 11.0 Å². The van der Waals surface area contributed by atoms with Crippen molar-refractivity contribution in [1.29, 1.82) is 0 Å². The van der Waals surface area contributed by atoms with Crippen LogP contribution in [0.1, 0.15) is 25.3 Å². The summed E-state index contributed by atoms with van der Waals surface area (Å²) in [4.78, 5) is 15.3. The second kappa shape index (κ2) is 7.45. The molecule has 5 nitrogen and oxygen atoms in total. The summed E-state index contributed by atoms with van der Waals surface area (Å²) in [7, 11) is 1.62. The van der Waals surface area contributed by atoms with Gasteiger partial charge in [0.05, 0.1) is 23.6 Å². The van der Waals surface area contributed by atoms with E-state index in [2.05, 4.69) is 11.8 Å². The smallest absolute Gasteiger partial charge is 0.200 e. The topological polar surface area (TPSA) is 51.9 Å². The molecule has 0 radical (unpaired) electrons. The number of rotatable bonds is 5. The molecule has 0 saturated carbocycles. The Morgan fingerprint density at radius 3 is 2.70 bits per heavy atom. The van der Waals surface area contributed by atoms with Gasteiger partial charge in [-0.05, 0) is 36.2 Å². The molecule has 0 amide bonds. The molecule has 1 aliphatic heterocycles. The fraction of sp³-hybridized carbons (Fsp3) is 0.318. The van der Waals surface area contributed by atoms with Gasteiger partial charge < -0.3 is 13.9 Å². The monoisotopic (exact) mass is 365 g/mol. The molecule has 27 heavy (non-hydrogen) atoms. The zero-order chi connectivity index (χ0) is 18.8. The maximum atomic E-state index is 13.1. The highest BCUT2D eigenvalue weighted by atomic mass is 16.5. The van der Waals surface area contributed by atoms with Crippen LogP contribution in [0.5, 0.6) is 11.5 Å². The maximum Gasteiger partial charge on any atom is 0.200 e. The van der Waals surface area contributed by atoms with Gasteiger partial charge in [0.25, 0.3) is 0 Å². The number of ether oxygens (including phenoxy) is 2. The largest absolute Gasteiger partial charge is 0.497 e. The summed E-state index contributed by atoms with van der Waals surface area (Å²) in [6, 6.07) is 11.1. The maximum absolute atomic E-state index is 13.1. The minimum Gasteiger partial charge on any atom is -0.497 e. The van der Waals surface area contributed by atoms with Gasteiger partial charge in [0.2, 0.25) is 5.43 Å². The molecule has 2 heterocycles. The van der Waals surface area contributed by atoms with Gasteiger partial charge in [-0.3, -0.25) is 9.69 Å². The first-order chi connectivity index (χ1) is 13.2. The van der Waals surface area contributed by atoms with E-state index in [1.165, 1.54) is 0 Å². The van der Waals surface area contributed by atoms with Crippen LogP contribution in [0, 0.1) is 0 Å². The van der Waals surface area contributed by atoms with E-state index in [4.69, 9.17) is 13.9 Å². The third-order valence-corrected chi connectivity index (χ3v) is 5.01. The highest BCUT2D eigenvalue weighted by Crippen LogP contribution is 2.32. The normalized spacial score (nSPS) is 14.0. The molecule has 3 aromatic rings. The molecule has 0 N–H and O–H groups in total. The summed E-state index contributed by atoms with van der Waals surface area (Å²) in [5.41, 5.74) is 2.90. The number of fused-ring (bicyclic) bond motifs is 3. The van der Waals surface area contributed by atoms with Crippen molar-refractivity contribution in [3.63, 3.8) is 0 Å². The lowest BCUT2D eigenvalue weighted by Crippen LogP contribution is -2.33. The Hall–Kier alpha value is -2.79. The van der Waals surface area contributed by atoms with Gasteiger partial charge in [-0.2, -0.15) is 0 Å². The Morgan fingerprint density at radius 2 is 1.96 bits per heavy atom. The molecule has 1 aromatic heterocycles. The molecule has 140 valence electrons. The molecule has 4 rings (SSSR count). The van der Waals surface area contributed by atoms with E-state index in [-0.39, 0.29) is 5.43 Å². The van der Waals surface area contributed by atoms with Crippen molar-refractivity contribution in [3.8, 4) is 22.6 Å². The van der Waals surface area contributed by atoms with Crippen molar-refractivity contribution in [3.05, 3.63) is 58.4 Å². The Kier molecular flexibility index (Phi) is 4.86. The quantitative estimate of drug-likeness (QED) is 0.670. The summed E-state index contributed by atoms with van der Waals surface area (Å²) >= 11 is 0. The Balaban J connectivity index is 1.75. The van der Waals surface area contributed by atoms with Gasteiger partial charge in [0, 0.05) is 13.1 Å². The summed E-state index contributed by atoms with van der Waals surface area (Å²) in [5, 5.41) is 0.586. The van der Waals surface area contributed by atoms with Gasteiger partial charge in [0.15, 0.2) is 0 Å². The predicted octanol–water partition coefficient (Wildman–Crippen LogP) is 4.42. The van der Waals surface area contributed by atoms with E-state index in [1.807, 2.05) is 30.3 Å². The van der Waals surface area contributed by atoms with Gasteiger partial charge in [-0.15, -0.1) is 0 Å². The summed E-state index contributed by atoms with van der Waals surface area (Å²) in [6.07, 6.45) is 3.81. The van der Waals surface area contributed by atoms with Crippen molar-refractivity contribution in [2.24, 2.45) is 0 Å². The Labute approximate surface area is 158 Å². The predicted molar refractivity (Wildman–Crippen MR) is 105 cm³/mol. The standard InChI is InChI=1S/C22H23NO4/c1-3-4-11-23-12-18-20(27-14-23)10-9-17-21(24)19(13-26-22(17)18)15-5-7-16(25-2)8-6-15/h5-10,13H,3-4,11-12,14H2,1-2H3. The van der Waals surface area contributed by atoms with E-state index in [0.29, 0.717) is 23.3 Å². The molecule has 0 aliphatic carbocycles. The van der Waals surface area contributed by atoms with E-state index < -0.39 is 0 Å². The molecular weight excluding hydrogens is 342 g/mol. The lowest BCUT2D eigenvalue weighted by atomic mass is 10.0. The van der Waals surface area contributed by atoms with Gasteiger partial charge in [-0.25, -0.2) is 0 Å². The van der Waals surface area contributed by atoms with Gasteiger partial charge in [0.1, 0.15) is 30.1 Å². The first-order valence-corrected chi connectivity index (χ1v) is 9.28. The fourth-order valence-electron chi connectivity index (χ4n) is 3.45. The number of nitrogens with zero attached hydrogens (tertiary/aromatic N) is 1.